The molecule has 0 spiro atoms. The molecule has 126 valence electrons. The van der Waals surface area contributed by atoms with Crippen LogP contribution >= 0.6 is 0 Å². The maximum atomic E-state index is 11.9. The highest BCUT2D eigenvalue weighted by molar-refractivity contribution is 5.97. The average molecular weight is 327 g/mol. The maximum absolute atomic E-state index is 11.9. The van der Waals surface area contributed by atoms with E-state index in [0.717, 1.165) is 0 Å². The number of methoxy groups -OCH3 is 1. The largest absolute Gasteiger partial charge is 0.493 e. The first kappa shape index (κ1) is 17.5. The topological polar surface area (TPSA) is 64.6 Å². The molecule has 0 bridgehead atoms. The summed E-state index contributed by atoms with van der Waals surface area (Å²) in [6, 6.07) is 16.3. The molecule has 2 aromatic rings. The standard InChI is InChI=1S/C19H21NO4/c1-23-17-9-5-6-10-18(17)24-14-13-20-19(22)12-11-16(21)15-7-3-2-4-8-15/h2-10H,11-14H2,1H3,(H,20,22). The van der Waals surface area contributed by atoms with Crippen LogP contribution in [0.1, 0.15) is 23.2 Å². The molecule has 0 aromatic heterocycles. The minimum absolute atomic E-state index is 0.0315. The Morgan fingerprint density at radius 2 is 1.58 bits per heavy atom. The van der Waals surface area contributed by atoms with E-state index < -0.39 is 0 Å². The van der Waals surface area contributed by atoms with Crippen LogP contribution in [-0.2, 0) is 4.79 Å². The Kier molecular flexibility index (Phi) is 6.83. The van der Waals surface area contributed by atoms with Crippen LogP contribution in [0.25, 0.3) is 0 Å². The van der Waals surface area contributed by atoms with E-state index in [1.54, 1.807) is 25.3 Å². The molecular formula is C19H21NO4. The fourth-order valence-corrected chi connectivity index (χ4v) is 2.17. The molecule has 0 aliphatic carbocycles. The lowest BCUT2D eigenvalue weighted by molar-refractivity contribution is -0.121. The highest BCUT2D eigenvalue weighted by Crippen LogP contribution is 2.25. The van der Waals surface area contributed by atoms with Gasteiger partial charge in [0.15, 0.2) is 17.3 Å². The first-order chi connectivity index (χ1) is 11.7. The van der Waals surface area contributed by atoms with Gasteiger partial charge in [-0.3, -0.25) is 9.59 Å². The third-order valence-electron chi connectivity index (χ3n) is 3.43. The molecule has 0 unspecified atom stereocenters. The lowest BCUT2D eigenvalue weighted by Crippen LogP contribution is -2.28. The zero-order valence-electron chi connectivity index (χ0n) is 13.7. The first-order valence-corrected chi connectivity index (χ1v) is 7.81. The molecule has 0 radical (unpaired) electrons. The Morgan fingerprint density at radius 1 is 0.917 bits per heavy atom. The summed E-state index contributed by atoms with van der Waals surface area (Å²) >= 11 is 0. The number of rotatable bonds is 9. The molecule has 1 N–H and O–H groups in total. The van der Waals surface area contributed by atoms with E-state index in [1.165, 1.54) is 0 Å². The number of carbonyl (C=O) groups is 2. The monoisotopic (exact) mass is 327 g/mol. The number of hydrogen-bond donors (Lipinski definition) is 1. The van der Waals surface area contributed by atoms with E-state index in [9.17, 15) is 9.59 Å². The highest BCUT2D eigenvalue weighted by Gasteiger charge is 2.09. The summed E-state index contributed by atoms with van der Waals surface area (Å²) in [4.78, 5) is 23.7. The van der Waals surface area contributed by atoms with Crippen LogP contribution in [0, 0.1) is 0 Å². The Labute approximate surface area is 141 Å². The molecule has 2 aromatic carbocycles. The van der Waals surface area contributed by atoms with Gasteiger partial charge in [0.05, 0.1) is 13.7 Å². The summed E-state index contributed by atoms with van der Waals surface area (Å²) in [5, 5.41) is 2.74. The van der Waals surface area contributed by atoms with Crippen molar-refractivity contribution in [1.82, 2.24) is 5.32 Å². The highest BCUT2D eigenvalue weighted by atomic mass is 16.5. The van der Waals surface area contributed by atoms with Crippen molar-refractivity contribution in [2.75, 3.05) is 20.3 Å². The molecule has 2 rings (SSSR count). The van der Waals surface area contributed by atoms with Crippen LogP contribution in [0.15, 0.2) is 54.6 Å². The van der Waals surface area contributed by atoms with E-state index >= 15 is 0 Å². The van der Waals surface area contributed by atoms with Gasteiger partial charge in [-0.25, -0.2) is 0 Å². The third kappa shape index (κ3) is 5.43. The lowest BCUT2D eigenvalue weighted by atomic mass is 10.1. The predicted molar refractivity (Wildman–Crippen MR) is 91.5 cm³/mol. The molecule has 0 fully saturated rings. The van der Waals surface area contributed by atoms with Gasteiger partial charge in [-0.2, -0.15) is 0 Å². The number of benzene rings is 2. The van der Waals surface area contributed by atoms with E-state index in [2.05, 4.69) is 5.32 Å². The summed E-state index contributed by atoms with van der Waals surface area (Å²) in [5.74, 6) is 1.09. The van der Waals surface area contributed by atoms with Crippen molar-refractivity contribution < 1.29 is 19.1 Å². The number of Topliss-reactive ketones (excluding diaryl/α,β-unsaturated/α-hetero) is 1. The van der Waals surface area contributed by atoms with Gasteiger partial charge in [-0.05, 0) is 12.1 Å². The van der Waals surface area contributed by atoms with Gasteiger partial charge in [0.1, 0.15) is 6.61 Å². The van der Waals surface area contributed by atoms with Crippen molar-refractivity contribution in [3.8, 4) is 11.5 Å². The van der Waals surface area contributed by atoms with Gasteiger partial charge in [0, 0.05) is 18.4 Å². The summed E-state index contributed by atoms with van der Waals surface area (Å²) in [6.07, 6.45) is 0.367. The smallest absolute Gasteiger partial charge is 0.220 e. The van der Waals surface area contributed by atoms with Crippen LogP contribution in [-0.4, -0.2) is 32.0 Å². The predicted octanol–water partition coefficient (Wildman–Crippen LogP) is 2.85. The van der Waals surface area contributed by atoms with Crippen LogP contribution in [0.2, 0.25) is 0 Å². The second kappa shape index (κ2) is 9.35. The normalized spacial score (nSPS) is 10.0. The number of para-hydroxylation sites is 2. The van der Waals surface area contributed by atoms with Crippen molar-refractivity contribution in [1.29, 1.82) is 0 Å². The SMILES string of the molecule is COc1ccccc1OCCNC(=O)CCC(=O)c1ccccc1. The number of carbonyl (C=O) groups excluding carboxylic acids is 2. The van der Waals surface area contributed by atoms with Gasteiger partial charge in [0.25, 0.3) is 0 Å². The molecular weight excluding hydrogens is 306 g/mol. The molecule has 1 amide bonds. The van der Waals surface area contributed by atoms with E-state index in [0.29, 0.717) is 30.2 Å². The molecule has 0 aliphatic heterocycles. The molecule has 0 saturated heterocycles. The molecule has 0 aliphatic rings. The van der Waals surface area contributed by atoms with E-state index in [4.69, 9.17) is 9.47 Å². The Hall–Kier alpha value is -2.82. The lowest BCUT2D eigenvalue weighted by Gasteiger charge is -2.10. The number of amides is 1. The van der Waals surface area contributed by atoms with Gasteiger partial charge in [-0.15, -0.1) is 0 Å². The number of hydrogen-bond acceptors (Lipinski definition) is 4. The first-order valence-electron chi connectivity index (χ1n) is 7.81. The summed E-state index contributed by atoms with van der Waals surface area (Å²) in [5.41, 5.74) is 0.629. The van der Waals surface area contributed by atoms with Crippen LogP contribution in [0.4, 0.5) is 0 Å². The van der Waals surface area contributed by atoms with E-state index in [1.807, 2.05) is 36.4 Å². The average Bonchev–Trinajstić information content (AvgIpc) is 2.64. The quantitative estimate of drug-likeness (QED) is 0.568. The molecule has 0 heterocycles. The fraction of sp³-hybridized carbons (Fsp3) is 0.263. The minimum atomic E-state index is -0.164. The molecule has 5 heteroatoms. The summed E-state index contributed by atoms with van der Waals surface area (Å²) < 4.78 is 10.7. The van der Waals surface area contributed by atoms with Crippen molar-refractivity contribution in [2.24, 2.45) is 0 Å². The Balaban J connectivity index is 1.66. The zero-order valence-corrected chi connectivity index (χ0v) is 13.7. The van der Waals surface area contributed by atoms with Crippen molar-refractivity contribution >= 4 is 11.7 Å². The number of ether oxygens (including phenoxy) is 2. The molecule has 5 nitrogen and oxygen atoms in total. The fourth-order valence-electron chi connectivity index (χ4n) is 2.17. The van der Waals surface area contributed by atoms with Gasteiger partial charge >= 0.3 is 0 Å². The van der Waals surface area contributed by atoms with Crippen molar-refractivity contribution in [3.63, 3.8) is 0 Å². The van der Waals surface area contributed by atoms with Crippen molar-refractivity contribution in [2.45, 2.75) is 12.8 Å². The summed E-state index contributed by atoms with van der Waals surface area (Å²) in [7, 11) is 1.58. The van der Waals surface area contributed by atoms with Crippen LogP contribution in [0.3, 0.4) is 0 Å². The summed E-state index contributed by atoms with van der Waals surface area (Å²) in [6.45, 7) is 0.704. The molecule has 0 atom stereocenters. The van der Waals surface area contributed by atoms with E-state index in [-0.39, 0.29) is 24.5 Å². The zero-order chi connectivity index (χ0) is 17.2. The second-order valence-corrected chi connectivity index (χ2v) is 5.14. The Morgan fingerprint density at radius 3 is 2.29 bits per heavy atom. The van der Waals surface area contributed by atoms with Gasteiger partial charge in [0.2, 0.25) is 5.91 Å². The number of nitrogens with one attached hydrogen (secondary N) is 1. The molecule has 0 saturated carbocycles. The maximum Gasteiger partial charge on any atom is 0.220 e. The van der Waals surface area contributed by atoms with Crippen LogP contribution in [0.5, 0.6) is 11.5 Å². The van der Waals surface area contributed by atoms with Gasteiger partial charge in [-0.1, -0.05) is 42.5 Å². The Bertz CT molecular complexity index is 670. The van der Waals surface area contributed by atoms with Crippen molar-refractivity contribution in [3.05, 3.63) is 60.2 Å². The minimum Gasteiger partial charge on any atom is -0.493 e. The molecule has 24 heavy (non-hydrogen) atoms. The second-order valence-electron chi connectivity index (χ2n) is 5.14. The number of ketones is 1. The third-order valence-corrected chi connectivity index (χ3v) is 3.43. The van der Waals surface area contributed by atoms with Gasteiger partial charge < -0.3 is 14.8 Å². The van der Waals surface area contributed by atoms with Crippen LogP contribution < -0.4 is 14.8 Å².